The third-order valence-electron chi connectivity index (χ3n) is 6.44. The van der Waals surface area contributed by atoms with Gasteiger partial charge >= 0.3 is 5.97 Å². The fourth-order valence-electron chi connectivity index (χ4n) is 4.38. The predicted octanol–water partition coefficient (Wildman–Crippen LogP) is 4.80. The predicted molar refractivity (Wildman–Crippen MR) is 158 cm³/mol. The first-order valence-electron chi connectivity index (χ1n) is 12.3. The molecule has 41 heavy (non-hydrogen) atoms. The zero-order valence-electron chi connectivity index (χ0n) is 22.3. The van der Waals surface area contributed by atoms with E-state index >= 15 is 0 Å². The van der Waals surface area contributed by atoms with Crippen LogP contribution in [0.1, 0.15) is 32.1 Å². The lowest BCUT2D eigenvalue weighted by Gasteiger charge is -2.15. The SMILES string of the molecule is COC(=O)c1nnc(C(=O)N(C)CC#Cc2ccccc2Br)c2c3ccccc3n(S(=O)(=O)c3ccc(C)cc3)c12. The Balaban J connectivity index is 1.72. The number of esters is 1. The largest absolute Gasteiger partial charge is 0.464 e. The van der Waals surface area contributed by atoms with Crippen LogP contribution in [-0.2, 0) is 14.8 Å². The molecule has 0 saturated carbocycles. The molecule has 0 spiro atoms. The number of halogens is 1. The third kappa shape index (κ3) is 5.08. The Kier molecular flexibility index (Phi) is 7.62. The van der Waals surface area contributed by atoms with E-state index in [1.54, 1.807) is 43.4 Å². The minimum Gasteiger partial charge on any atom is -0.464 e. The van der Waals surface area contributed by atoms with Gasteiger partial charge in [-0.25, -0.2) is 17.2 Å². The second-order valence-electron chi connectivity index (χ2n) is 9.15. The van der Waals surface area contributed by atoms with Gasteiger partial charge in [-0.3, -0.25) is 4.79 Å². The Morgan fingerprint density at radius 3 is 2.34 bits per heavy atom. The molecule has 0 atom stereocenters. The number of ether oxygens (including phenoxy) is 1. The lowest BCUT2D eigenvalue weighted by molar-refractivity contribution is 0.0593. The van der Waals surface area contributed by atoms with Gasteiger partial charge in [-0.05, 0) is 53.2 Å². The Morgan fingerprint density at radius 2 is 1.63 bits per heavy atom. The lowest BCUT2D eigenvalue weighted by Crippen LogP contribution is -2.29. The van der Waals surface area contributed by atoms with Crippen molar-refractivity contribution in [3.63, 3.8) is 0 Å². The van der Waals surface area contributed by atoms with E-state index in [4.69, 9.17) is 4.74 Å². The van der Waals surface area contributed by atoms with Gasteiger partial charge in [-0.1, -0.05) is 59.9 Å². The van der Waals surface area contributed by atoms with E-state index in [9.17, 15) is 18.0 Å². The molecule has 5 rings (SSSR count). The summed E-state index contributed by atoms with van der Waals surface area (Å²) in [6.07, 6.45) is 0. The van der Waals surface area contributed by atoms with Crippen LogP contribution in [0.25, 0.3) is 21.8 Å². The van der Waals surface area contributed by atoms with Crippen LogP contribution >= 0.6 is 15.9 Å². The summed E-state index contributed by atoms with van der Waals surface area (Å²) < 4.78 is 34.9. The average Bonchev–Trinajstić information content (AvgIpc) is 3.33. The van der Waals surface area contributed by atoms with E-state index in [-0.39, 0.29) is 39.2 Å². The summed E-state index contributed by atoms with van der Waals surface area (Å²) >= 11 is 3.45. The van der Waals surface area contributed by atoms with Crippen LogP contribution < -0.4 is 0 Å². The van der Waals surface area contributed by atoms with E-state index in [1.165, 1.54) is 17.0 Å². The molecule has 2 heterocycles. The molecule has 9 nitrogen and oxygen atoms in total. The van der Waals surface area contributed by atoms with E-state index in [2.05, 4.69) is 38.0 Å². The van der Waals surface area contributed by atoms with E-state index in [0.29, 0.717) is 5.39 Å². The number of fused-ring (bicyclic) bond motifs is 3. The number of hydrogen-bond acceptors (Lipinski definition) is 7. The van der Waals surface area contributed by atoms with Crippen LogP contribution in [0.15, 0.2) is 82.2 Å². The molecule has 0 saturated heterocycles. The number of aryl methyl sites for hydroxylation is 1. The van der Waals surface area contributed by atoms with E-state index < -0.39 is 21.9 Å². The van der Waals surface area contributed by atoms with Crippen molar-refractivity contribution in [1.29, 1.82) is 0 Å². The molecule has 0 aliphatic heterocycles. The highest BCUT2D eigenvalue weighted by Gasteiger charge is 2.32. The number of methoxy groups -OCH3 is 1. The number of aromatic nitrogens is 3. The molecule has 11 heteroatoms. The smallest absolute Gasteiger partial charge is 0.360 e. The summed E-state index contributed by atoms with van der Waals surface area (Å²) in [4.78, 5) is 27.9. The highest BCUT2D eigenvalue weighted by molar-refractivity contribution is 9.10. The van der Waals surface area contributed by atoms with Crippen LogP contribution in [-0.4, -0.2) is 60.1 Å². The van der Waals surface area contributed by atoms with E-state index in [1.807, 2.05) is 31.2 Å². The zero-order valence-corrected chi connectivity index (χ0v) is 24.7. The Bertz CT molecular complexity index is 2010. The second kappa shape index (κ2) is 11.2. The van der Waals surface area contributed by atoms with Crippen molar-refractivity contribution >= 4 is 59.6 Å². The number of amides is 1. The van der Waals surface area contributed by atoms with Gasteiger partial charge in [0.2, 0.25) is 0 Å². The number of nitrogens with zero attached hydrogens (tertiary/aromatic N) is 4. The molecule has 2 aromatic heterocycles. The number of benzene rings is 3. The number of rotatable bonds is 5. The molecular formula is C30H23BrN4O5S. The number of hydrogen-bond donors (Lipinski definition) is 0. The monoisotopic (exact) mass is 630 g/mol. The Labute approximate surface area is 244 Å². The molecule has 0 aliphatic carbocycles. The van der Waals surface area contributed by atoms with Gasteiger partial charge in [0.15, 0.2) is 11.4 Å². The molecule has 0 aliphatic rings. The van der Waals surface area contributed by atoms with Gasteiger partial charge in [0.05, 0.1) is 24.1 Å². The summed E-state index contributed by atoms with van der Waals surface area (Å²) in [5, 5.41) is 8.68. The summed E-state index contributed by atoms with van der Waals surface area (Å²) in [7, 11) is -1.53. The van der Waals surface area contributed by atoms with Gasteiger partial charge in [-0.15, -0.1) is 10.2 Å². The number of para-hydroxylation sites is 1. The number of carbonyl (C=O) groups excluding carboxylic acids is 2. The van der Waals surface area contributed by atoms with Crippen LogP contribution in [0.3, 0.4) is 0 Å². The van der Waals surface area contributed by atoms with E-state index in [0.717, 1.165) is 26.7 Å². The molecule has 0 bridgehead atoms. The van der Waals surface area contributed by atoms with Crippen LogP contribution in [0, 0.1) is 18.8 Å². The first-order chi connectivity index (χ1) is 19.6. The first kappa shape index (κ1) is 28.0. The molecule has 1 amide bonds. The molecule has 0 N–H and O–H groups in total. The summed E-state index contributed by atoms with van der Waals surface area (Å²) in [6.45, 7) is 1.90. The van der Waals surface area contributed by atoms with Gasteiger partial charge in [0.1, 0.15) is 5.52 Å². The molecular weight excluding hydrogens is 608 g/mol. The van der Waals surface area contributed by atoms with Gasteiger partial charge in [-0.2, -0.15) is 0 Å². The third-order valence-corrected chi connectivity index (χ3v) is 8.86. The van der Waals surface area contributed by atoms with Crippen LogP contribution in [0.5, 0.6) is 0 Å². The van der Waals surface area contributed by atoms with Gasteiger partial charge < -0.3 is 9.64 Å². The van der Waals surface area contributed by atoms with Crippen molar-refractivity contribution in [1.82, 2.24) is 19.1 Å². The normalized spacial score (nSPS) is 11.2. The van der Waals surface area contributed by atoms with Crippen molar-refractivity contribution in [3.05, 3.63) is 99.8 Å². The summed E-state index contributed by atoms with van der Waals surface area (Å²) in [5.41, 5.74) is 1.36. The molecule has 0 radical (unpaired) electrons. The lowest BCUT2D eigenvalue weighted by atomic mass is 10.1. The molecule has 0 unspecified atom stereocenters. The quantitative estimate of drug-likeness (QED) is 0.202. The highest BCUT2D eigenvalue weighted by atomic mass is 79.9. The zero-order chi connectivity index (χ0) is 29.3. The average molecular weight is 632 g/mol. The fraction of sp³-hybridized carbons (Fsp3) is 0.133. The maximum Gasteiger partial charge on any atom is 0.360 e. The summed E-state index contributed by atoms with van der Waals surface area (Å²) in [5.74, 6) is 4.56. The maximum atomic E-state index is 14.1. The maximum absolute atomic E-state index is 14.1. The van der Waals surface area contributed by atoms with Crippen LogP contribution in [0.4, 0.5) is 0 Å². The van der Waals surface area contributed by atoms with Crippen molar-refractivity contribution in [2.75, 3.05) is 20.7 Å². The minimum atomic E-state index is -4.25. The van der Waals surface area contributed by atoms with Crippen molar-refractivity contribution in [2.24, 2.45) is 0 Å². The standard InChI is InChI=1S/C30H23BrN4O5S/c1-19-14-16-21(17-15-19)41(38,39)35-24-13-7-5-11-22(24)25-26(32-33-27(28(25)35)30(37)40-3)29(36)34(2)18-8-10-20-9-4-6-12-23(20)31/h4-7,9,11-17H,18H2,1-3H3. The Hall–Kier alpha value is -4.53. The van der Waals surface area contributed by atoms with Crippen molar-refractivity contribution in [2.45, 2.75) is 11.8 Å². The second-order valence-corrected chi connectivity index (χ2v) is 11.8. The molecule has 3 aromatic carbocycles. The fourth-order valence-corrected chi connectivity index (χ4v) is 6.29. The minimum absolute atomic E-state index is 0.00530. The number of carbonyl (C=O) groups is 2. The molecule has 5 aromatic rings. The van der Waals surface area contributed by atoms with Crippen molar-refractivity contribution in [3.8, 4) is 11.8 Å². The van der Waals surface area contributed by atoms with Gasteiger partial charge in [0.25, 0.3) is 15.9 Å². The molecule has 0 fully saturated rings. The highest BCUT2D eigenvalue weighted by Crippen LogP contribution is 2.36. The first-order valence-corrected chi connectivity index (χ1v) is 14.6. The molecule has 206 valence electrons. The van der Waals surface area contributed by atoms with Gasteiger partial charge in [0, 0.05) is 27.9 Å². The summed E-state index contributed by atoms with van der Waals surface area (Å²) in [6, 6.07) is 20.5. The topological polar surface area (TPSA) is 111 Å². The Morgan fingerprint density at radius 1 is 0.976 bits per heavy atom. The van der Waals surface area contributed by atoms with Crippen molar-refractivity contribution < 1.29 is 22.7 Å². The van der Waals surface area contributed by atoms with Crippen LogP contribution in [0.2, 0.25) is 0 Å².